The van der Waals surface area contributed by atoms with Crippen LogP contribution in [0, 0.1) is 6.92 Å². The second kappa shape index (κ2) is 4.61. The molecule has 0 aliphatic heterocycles. The highest BCUT2D eigenvalue weighted by Crippen LogP contribution is 2.17. The van der Waals surface area contributed by atoms with Crippen LogP contribution in [0.25, 0.3) is 5.95 Å². The normalized spacial score (nSPS) is 10.7. The number of nitrogens with one attached hydrogen (secondary N) is 1. The first-order valence-corrected chi connectivity index (χ1v) is 5.89. The summed E-state index contributed by atoms with van der Waals surface area (Å²) in [5, 5.41) is 7.32. The molecule has 3 aromatic rings. The van der Waals surface area contributed by atoms with Gasteiger partial charge in [0, 0.05) is 25.6 Å². The summed E-state index contributed by atoms with van der Waals surface area (Å²) in [5.74, 6) is 0.893. The maximum absolute atomic E-state index is 5.71. The van der Waals surface area contributed by atoms with E-state index in [0.717, 1.165) is 11.4 Å². The lowest BCUT2D eigenvalue weighted by molar-refractivity contribution is 0.756. The molecule has 3 rings (SSSR count). The quantitative estimate of drug-likeness (QED) is 0.710. The van der Waals surface area contributed by atoms with E-state index in [9.17, 15) is 0 Å². The number of hydrogen-bond acceptors (Lipinski definition) is 7. The first-order chi connectivity index (χ1) is 9.61. The van der Waals surface area contributed by atoms with Gasteiger partial charge in [-0.05, 0) is 6.92 Å². The van der Waals surface area contributed by atoms with Gasteiger partial charge in [0.25, 0.3) is 0 Å². The smallest absolute Gasteiger partial charge is 0.241 e. The fourth-order valence-electron chi connectivity index (χ4n) is 1.77. The summed E-state index contributed by atoms with van der Waals surface area (Å²) in [6, 6.07) is 0. The number of nitrogens with zero attached hydrogens (tertiary/aromatic N) is 7. The van der Waals surface area contributed by atoms with Crippen molar-refractivity contribution in [2.75, 3.05) is 11.1 Å². The third kappa shape index (κ3) is 2.28. The zero-order valence-corrected chi connectivity index (χ0v) is 11.0. The molecule has 0 aromatic carbocycles. The molecule has 9 heteroatoms. The summed E-state index contributed by atoms with van der Waals surface area (Å²) in [5.41, 5.74) is 7.36. The highest BCUT2D eigenvalue weighted by molar-refractivity contribution is 5.56. The molecule has 102 valence electrons. The van der Waals surface area contributed by atoms with Crippen molar-refractivity contribution in [1.29, 1.82) is 0 Å². The summed E-state index contributed by atoms with van der Waals surface area (Å²) >= 11 is 0. The van der Waals surface area contributed by atoms with Crippen molar-refractivity contribution in [2.24, 2.45) is 7.05 Å². The van der Waals surface area contributed by atoms with E-state index in [-0.39, 0.29) is 5.95 Å². The van der Waals surface area contributed by atoms with Crippen LogP contribution in [0.4, 0.5) is 17.6 Å². The molecular weight excluding hydrogens is 258 g/mol. The summed E-state index contributed by atoms with van der Waals surface area (Å²) in [6.45, 7) is 1.89. The molecule has 0 spiro atoms. The lowest BCUT2D eigenvalue weighted by Gasteiger charge is -2.06. The molecule has 0 amide bonds. The minimum absolute atomic E-state index is 0.132. The molecule has 0 aliphatic rings. The molecular formula is C11H13N9. The van der Waals surface area contributed by atoms with Crippen LogP contribution in [0.1, 0.15) is 5.69 Å². The molecule has 0 fully saturated rings. The number of imidazole rings is 1. The predicted molar refractivity (Wildman–Crippen MR) is 72.6 cm³/mol. The van der Waals surface area contributed by atoms with Crippen LogP contribution >= 0.6 is 0 Å². The number of rotatable bonds is 3. The predicted octanol–water partition coefficient (Wildman–Crippen LogP) is 0.425. The molecule has 0 saturated heterocycles. The Morgan fingerprint density at radius 3 is 2.75 bits per heavy atom. The second-order valence-electron chi connectivity index (χ2n) is 4.21. The summed E-state index contributed by atoms with van der Waals surface area (Å²) < 4.78 is 3.36. The fraction of sp³-hybridized carbons (Fsp3) is 0.182. The van der Waals surface area contributed by atoms with Crippen molar-refractivity contribution in [1.82, 2.24) is 34.3 Å². The van der Waals surface area contributed by atoms with Gasteiger partial charge in [-0.25, -0.2) is 4.98 Å². The van der Waals surface area contributed by atoms with Crippen LogP contribution in [-0.2, 0) is 7.05 Å². The number of nitrogen functional groups attached to an aromatic ring is 1. The Labute approximate surface area is 114 Å². The van der Waals surface area contributed by atoms with Crippen LogP contribution in [-0.4, -0.2) is 34.3 Å². The molecule has 0 aliphatic carbocycles. The average molecular weight is 271 g/mol. The van der Waals surface area contributed by atoms with Gasteiger partial charge in [0.2, 0.25) is 17.8 Å². The van der Waals surface area contributed by atoms with Crippen molar-refractivity contribution in [3.63, 3.8) is 0 Å². The maximum Gasteiger partial charge on any atom is 0.241 e. The molecule has 0 unspecified atom stereocenters. The monoisotopic (exact) mass is 271 g/mol. The summed E-state index contributed by atoms with van der Waals surface area (Å²) in [4.78, 5) is 16.4. The number of aromatic nitrogens is 7. The first-order valence-electron chi connectivity index (χ1n) is 5.89. The number of aryl methyl sites for hydroxylation is 2. The lowest BCUT2D eigenvalue weighted by Crippen LogP contribution is -2.08. The van der Waals surface area contributed by atoms with Gasteiger partial charge in [-0.2, -0.15) is 20.1 Å². The van der Waals surface area contributed by atoms with Crippen molar-refractivity contribution in [3.05, 3.63) is 30.6 Å². The minimum Gasteiger partial charge on any atom is -0.368 e. The SMILES string of the molecule is Cc1nn(C)cc1Nc1nc(N)nc(-n2ccnc2)n1. The van der Waals surface area contributed by atoms with E-state index < -0.39 is 0 Å². The summed E-state index contributed by atoms with van der Waals surface area (Å²) in [7, 11) is 1.84. The van der Waals surface area contributed by atoms with Crippen molar-refractivity contribution in [2.45, 2.75) is 6.92 Å². The number of anilines is 3. The van der Waals surface area contributed by atoms with Crippen LogP contribution in [0.15, 0.2) is 24.9 Å². The lowest BCUT2D eigenvalue weighted by atomic mass is 10.4. The van der Waals surface area contributed by atoms with Gasteiger partial charge in [0.05, 0.1) is 11.4 Å². The zero-order chi connectivity index (χ0) is 14.1. The number of nitrogens with two attached hydrogens (primary N) is 1. The Kier molecular flexibility index (Phi) is 2.78. The topological polar surface area (TPSA) is 112 Å². The van der Waals surface area contributed by atoms with E-state index in [0.29, 0.717) is 11.9 Å². The molecule has 3 N–H and O–H groups in total. The van der Waals surface area contributed by atoms with Gasteiger partial charge in [-0.3, -0.25) is 9.25 Å². The van der Waals surface area contributed by atoms with Crippen molar-refractivity contribution in [3.8, 4) is 5.95 Å². The van der Waals surface area contributed by atoms with Gasteiger partial charge in [-0.1, -0.05) is 0 Å². The Hall–Kier alpha value is -2.97. The molecule has 0 bridgehead atoms. The van der Waals surface area contributed by atoms with Gasteiger partial charge in [0.15, 0.2) is 0 Å². The summed E-state index contributed by atoms with van der Waals surface area (Å²) in [6.07, 6.45) is 6.80. The molecule has 0 saturated carbocycles. The molecule has 0 radical (unpaired) electrons. The minimum atomic E-state index is 0.132. The van der Waals surface area contributed by atoms with Gasteiger partial charge in [0.1, 0.15) is 6.33 Å². The van der Waals surface area contributed by atoms with Crippen LogP contribution in [0.5, 0.6) is 0 Å². The van der Waals surface area contributed by atoms with Gasteiger partial charge in [-0.15, -0.1) is 0 Å². The van der Waals surface area contributed by atoms with E-state index in [1.807, 2.05) is 20.2 Å². The van der Waals surface area contributed by atoms with E-state index in [1.165, 1.54) is 0 Å². The largest absolute Gasteiger partial charge is 0.368 e. The maximum atomic E-state index is 5.71. The Bertz CT molecular complexity index is 728. The van der Waals surface area contributed by atoms with Crippen molar-refractivity contribution < 1.29 is 0 Å². The van der Waals surface area contributed by atoms with E-state index in [1.54, 1.807) is 28.0 Å². The van der Waals surface area contributed by atoms with Crippen LogP contribution < -0.4 is 11.1 Å². The zero-order valence-electron chi connectivity index (χ0n) is 11.0. The molecule has 3 heterocycles. The van der Waals surface area contributed by atoms with Crippen molar-refractivity contribution >= 4 is 17.6 Å². The van der Waals surface area contributed by atoms with E-state index in [2.05, 4.69) is 30.4 Å². The van der Waals surface area contributed by atoms with Gasteiger partial charge >= 0.3 is 0 Å². The number of hydrogen-bond donors (Lipinski definition) is 2. The van der Waals surface area contributed by atoms with E-state index in [4.69, 9.17) is 5.73 Å². The standard InChI is InChI=1S/C11H13N9/c1-7-8(5-19(2)18-7)14-10-15-9(12)16-11(17-10)20-4-3-13-6-20/h3-6H,1-2H3,(H3,12,14,15,16,17). The highest BCUT2D eigenvalue weighted by Gasteiger charge is 2.09. The Morgan fingerprint density at radius 1 is 1.25 bits per heavy atom. The van der Waals surface area contributed by atoms with Crippen LogP contribution in [0.3, 0.4) is 0 Å². The van der Waals surface area contributed by atoms with E-state index >= 15 is 0 Å². The first kappa shape index (κ1) is 12.1. The molecule has 20 heavy (non-hydrogen) atoms. The highest BCUT2D eigenvalue weighted by atomic mass is 15.3. The second-order valence-corrected chi connectivity index (χ2v) is 4.21. The molecule has 3 aromatic heterocycles. The Balaban J connectivity index is 1.96. The third-order valence-electron chi connectivity index (χ3n) is 2.64. The fourth-order valence-corrected chi connectivity index (χ4v) is 1.77. The molecule has 0 atom stereocenters. The Morgan fingerprint density at radius 2 is 2.10 bits per heavy atom. The van der Waals surface area contributed by atoms with Gasteiger partial charge < -0.3 is 11.1 Å². The van der Waals surface area contributed by atoms with Crippen LogP contribution in [0.2, 0.25) is 0 Å². The molecule has 9 nitrogen and oxygen atoms in total. The third-order valence-corrected chi connectivity index (χ3v) is 2.64. The average Bonchev–Trinajstić information content (AvgIpc) is 2.99.